The molecule has 0 radical (unpaired) electrons. The summed E-state index contributed by atoms with van der Waals surface area (Å²) in [6.07, 6.45) is 6.14. The Hall–Kier alpha value is -2.53. The SMILES string of the molecule is Cc1cc(C)c(C=Cc2onc(C)c2S(=O)(=O)N2CCCC(C(=O)N3CCC4(CC3)OCCO4)C2)c(C)c1. The number of carbonyl (C=O) groups is 1. The lowest BCUT2D eigenvalue weighted by Crippen LogP contribution is -2.51. The standard InChI is InChI=1S/C28H37N3O6S/c1-19-16-20(2)24(21(3)17-19)7-8-25-26(22(4)29-37-25)38(33,34)31-11-5-6-23(18-31)27(32)30-12-9-28(10-13-30)35-14-15-36-28/h7-8,16-17,23H,5-6,9-15,18H2,1-4H3. The van der Waals surface area contributed by atoms with E-state index in [4.69, 9.17) is 14.0 Å². The first-order valence-corrected chi connectivity index (χ1v) is 14.8. The van der Waals surface area contributed by atoms with Gasteiger partial charge in [-0.1, -0.05) is 28.9 Å². The van der Waals surface area contributed by atoms with Crippen LogP contribution in [0.4, 0.5) is 0 Å². The van der Waals surface area contributed by atoms with Crippen LogP contribution >= 0.6 is 0 Å². The number of likely N-dealkylation sites (tertiary alicyclic amines) is 1. The number of amides is 1. The molecule has 1 unspecified atom stereocenters. The molecule has 0 aliphatic carbocycles. The summed E-state index contributed by atoms with van der Waals surface area (Å²) in [6.45, 7) is 10.6. The zero-order chi connectivity index (χ0) is 27.1. The fraction of sp³-hybridized carbons (Fsp3) is 0.571. The van der Waals surface area contributed by atoms with Gasteiger partial charge in [0, 0.05) is 39.0 Å². The second-order valence-corrected chi connectivity index (χ2v) is 12.6. The number of carbonyl (C=O) groups excluding carboxylic acids is 1. The Morgan fingerprint density at radius 1 is 1.03 bits per heavy atom. The number of hydrogen-bond donors (Lipinski definition) is 0. The van der Waals surface area contributed by atoms with Crippen LogP contribution in [0.25, 0.3) is 12.2 Å². The fourth-order valence-corrected chi connectivity index (χ4v) is 7.79. The van der Waals surface area contributed by atoms with Gasteiger partial charge >= 0.3 is 0 Å². The molecule has 10 heteroatoms. The normalized spacial score (nSPS) is 22.5. The third-order valence-corrected chi connectivity index (χ3v) is 9.98. The number of aryl methyl sites for hydroxylation is 4. The second-order valence-electron chi connectivity index (χ2n) is 10.7. The fourth-order valence-electron chi connectivity index (χ4n) is 6.01. The topological polar surface area (TPSA) is 102 Å². The highest BCUT2D eigenvalue weighted by atomic mass is 32.2. The smallest absolute Gasteiger partial charge is 0.248 e. The zero-order valence-electron chi connectivity index (χ0n) is 22.7. The van der Waals surface area contributed by atoms with Gasteiger partial charge in [0.15, 0.2) is 16.4 Å². The Balaban J connectivity index is 1.32. The molecule has 1 spiro atoms. The highest BCUT2D eigenvalue weighted by molar-refractivity contribution is 7.89. The third-order valence-electron chi connectivity index (χ3n) is 7.95. The van der Waals surface area contributed by atoms with Crippen LogP contribution in [0.1, 0.15) is 59.4 Å². The van der Waals surface area contributed by atoms with Crippen LogP contribution in [0, 0.1) is 33.6 Å². The summed E-state index contributed by atoms with van der Waals surface area (Å²) in [5, 5.41) is 3.98. The first kappa shape index (κ1) is 27.1. The Bertz CT molecular complexity index is 1310. The van der Waals surface area contributed by atoms with E-state index >= 15 is 0 Å². The van der Waals surface area contributed by atoms with E-state index in [-0.39, 0.29) is 29.0 Å². The largest absolute Gasteiger partial charge is 0.355 e. The molecule has 38 heavy (non-hydrogen) atoms. The molecule has 3 aliphatic heterocycles. The van der Waals surface area contributed by atoms with Gasteiger partial charge in [-0.3, -0.25) is 4.79 Å². The van der Waals surface area contributed by atoms with Gasteiger partial charge in [0.25, 0.3) is 0 Å². The number of sulfonamides is 1. The minimum Gasteiger partial charge on any atom is -0.355 e. The van der Waals surface area contributed by atoms with E-state index in [1.807, 2.05) is 24.8 Å². The van der Waals surface area contributed by atoms with E-state index in [0.717, 1.165) is 16.7 Å². The van der Waals surface area contributed by atoms with Crippen molar-refractivity contribution in [1.29, 1.82) is 0 Å². The third kappa shape index (κ3) is 5.19. The summed E-state index contributed by atoms with van der Waals surface area (Å²) >= 11 is 0. The first-order valence-electron chi connectivity index (χ1n) is 13.4. The van der Waals surface area contributed by atoms with Crippen molar-refractivity contribution in [2.75, 3.05) is 39.4 Å². The van der Waals surface area contributed by atoms with Gasteiger partial charge in [0.1, 0.15) is 5.69 Å². The number of benzene rings is 1. The first-order chi connectivity index (χ1) is 18.1. The molecule has 3 fully saturated rings. The highest BCUT2D eigenvalue weighted by Gasteiger charge is 2.43. The van der Waals surface area contributed by atoms with E-state index in [2.05, 4.69) is 24.2 Å². The molecule has 0 saturated carbocycles. The van der Waals surface area contributed by atoms with E-state index < -0.39 is 15.8 Å². The van der Waals surface area contributed by atoms with E-state index in [1.165, 1.54) is 9.87 Å². The summed E-state index contributed by atoms with van der Waals surface area (Å²) in [7, 11) is -3.91. The molecule has 5 rings (SSSR count). The molecule has 3 saturated heterocycles. The molecule has 206 valence electrons. The lowest BCUT2D eigenvalue weighted by atomic mass is 9.96. The van der Waals surface area contributed by atoms with E-state index in [9.17, 15) is 13.2 Å². The van der Waals surface area contributed by atoms with Crippen molar-refractivity contribution >= 4 is 28.1 Å². The molecule has 1 aromatic heterocycles. The summed E-state index contributed by atoms with van der Waals surface area (Å²) in [5.41, 5.74) is 4.72. The minimum absolute atomic E-state index is 0.00484. The number of ether oxygens (including phenoxy) is 2. The van der Waals surface area contributed by atoms with E-state index in [1.54, 1.807) is 13.0 Å². The molecule has 0 N–H and O–H groups in total. The molecular weight excluding hydrogens is 506 g/mol. The number of aromatic nitrogens is 1. The maximum absolute atomic E-state index is 13.8. The summed E-state index contributed by atoms with van der Waals surface area (Å²) in [4.78, 5) is 15.3. The van der Waals surface area contributed by atoms with Crippen molar-refractivity contribution in [3.8, 4) is 0 Å². The summed E-state index contributed by atoms with van der Waals surface area (Å²) in [5.74, 6) is -0.724. The molecule has 3 aliphatic rings. The van der Waals surface area contributed by atoms with Crippen LogP contribution in [-0.4, -0.2) is 73.9 Å². The highest BCUT2D eigenvalue weighted by Crippen LogP contribution is 2.34. The molecule has 1 amide bonds. The predicted molar refractivity (Wildman–Crippen MR) is 143 cm³/mol. The number of piperidine rings is 2. The lowest BCUT2D eigenvalue weighted by molar-refractivity contribution is -0.188. The molecule has 0 bridgehead atoms. The second kappa shape index (κ2) is 10.6. The molecule has 1 atom stereocenters. The van der Waals surface area contributed by atoms with Crippen molar-refractivity contribution in [2.45, 2.75) is 64.1 Å². The number of hydrogen-bond acceptors (Lipinski definition) is 7. The number of nitrogens with zero attached hydrogens (tertiary/aromatic N) is 3. The molecular formula is C28H37N3O6S. The van der Waals surface area contributed by atoms with Gasteiger partial charge in [-0.15, -0.1) is 0 Å². The van der Waals surface area contributed by atoms with Gasteiger partial charge in [-0.25, -0.2) is 8.42 Å². The summed E-state index contributed by atoms with van der Waals surface area (Å²) in [6, 6.07) is 4.19. The maximum atomic E-state index is 13.8. The average Bonchev–Trinajstić information content (AvgIpc) is 3.50. The molecule has 9 nitrogen and oxygen atoms in total. The van der Waals surface area contributed by atoms with Crippen LogP contribution in [0.3, 0.4) is 0 Å². The van der Waals surface area contributed by atoms with Gasteiger partial charge < -0.3 is 18.9 Å². The Morgan fingerprint density at radius 2 is 1.68 bits per heavy atom. The van der Waals surface area contributed by atoms with Gasteiger partial charge in [0.05, 0.1) is 19.1 Å². The Kier molecular flexibility index (Phi) is 7.52. The Labute approximate surface area is 224 Å². The molecule has 2 aromatic rings. The quantitative estimate of drug-likeness (QED) is 0.565. The Morgan fingerprint density at radius 3 is 2.34 bits per heavy atom. The van der Waals surface area contributed by atoms with Gasteiger partial charge in [0.2, 0.25) is 15.9 Å². The van der Waals surface area contributed by atoms with Crippen molar-refractivity contribution < 1.29 is 27.2 Å². The van der Waals surface area contributed by atoms with Crippen LogP contribution in [0.5, 0.6) is 0 Å². The van der Waals surface area contributed by atoms with Crippen LogP contribution < -0.4 is 0 Å². The van der Waals surface area contributed by atoms with Gasteiger partial charge in [-0.05, 0) is 63.3 Å². The van der Waals surface area contributed by atoms with Crippen molar-refractivity contribution in [1.82, 2.24) is 14.4 Å². The molecule has 1 aromatic carbocycles. The monoisotopic (exact) mass is 543 g/mol. The number of rotatable bonds is 5. The van der Waals surface area contributed by atoms with Crippen molar-refractivity contribution in [3.05, 3.63) is 45.8 Å². The maximum Gasteiger partial charge on any atom is 0.248 e. The zero-order valence-corrected chi connectivity index (χ0v) is 23.5. The molecule has 4 heterocycles. The van der Waals surface area contributed by atoms with Crippen LogP contribution in [0.15, 0.2) is 21.6 Å². The summed E-state index contributed by atoms with van der Waals surface area (Å²) < 4.78 is 46.1. The van der Waals surface area contributed by atoms with Crippen molar-refractivity contribution in [2.24, 2.45) is 5.92 Å². The van der Waals surface area contributed by atoms with Gasteiger partial charge in [-0.2, -0.15) is 4.31 Å². The lowest BCUT2D eigenvalue weighted by Gasteiger charge is -2.40. The van der Waals surface area contributed by atoms with Crippen LogP contribution in [-0.2, 0) is 24.3 Å². The predicted octanol–water partition coefficient (Wildman–Crippen LogP) is 3.84. The minimum atomic E-state index is -3.91. The van der Waals surface area contributed by atoms with E-state index in [0.29, 0.717) is 64.2 Å². The van der Waals surface area contributed by atoms with Crippen molar-refractivity contribution in [3.63, 3.8) is 0 Å². The average molecular weight is 544 g/mol. The van der Waals surface area contributed by atoms with Crippen LogP contribution in [0.2, 0.25) is 0 Å².